The number of aryl methyl sites for hydroxylation is 1. The van der Waals surface area contributed by atoms with Crippen LogP contribution in [0.3, 0.4) is 0 Å². The number of thiophene rings is 1. The zero-order valence-corrected chi connectivity index (χ0v) is 16.1. The van der Waals surface area contributed by atoms with Crippen molar-refractivity contribution in [3.8, 4) is 0 Å². The molecule has 2 rings (SSSR count). The van der Waals surface area contributed by atoms with E-state index >= 15 is 0 Å². The van der Waals surface area contributed by atoms with Crippen LogP contribution in [0.4, 0.5) is 0 Å². The number of aromatic nitrogens is 1. The van der Waals surface area contributed by atoms with E-state index in [1.54, 1.807) is 35.1 Å². The van der Waals surface area contributed by atoms with Gasteiger partial charge in [-0.15, -0.1) is 11.3 Å². The van der Waals surface area contributed by atoms with Gasteiger partial charge in [0.05, 0.1) is 0 Å². The molecule has 136 valence electrons. The summed E-state index contributed by atoms with van der Waals surface area (Å²) in [4.78, 5) is 17.3. The van der Waals surface area contributed by atoms with Gasteiger partial charge in [0.2, 0.25) is 5.56 Å². The first-order chi connectivity index (χ1) is 12.0. The van der Waals surface area contributed by atoms with Crippen LogP contribution < -0.4 is 16.2 Å². The first-order valence-corrected chi connectivity index (χ1v) is 9.55. The van der Waals surface area contributed by atoms with Crippen molar-refractivity contribution < 1.29 is 0 Å². The largest absolute Gasteiger partial charge is 0.356 e. The van der Waals surface area contributed by atoms with Crippen LogP contribution in [0.1, 0.15) is 31.6 Å². The summed E-state index contributed by atoms with van der Waals surface area (Å²) in [7, 11) is 1.79. The van der Waals surface area contributed by atoms with Crippen LogP contribution in [-0.4, -0.2) is 30.7 Å². The van der Waals surface area contributed by atoms with Crippen LogP contribution in [0, 0.1) is 0 Å². The molecule has 6 heteroatoms. The lowest BCUT2D eigenvalue weighted by molar-refractivity contribution is 0.516. The lowest BCUT2D eigenvalue weighted by atomic mass is 9.91. The topological polar surface area (TPSA) is 58.4 Å². The third kappa shape index (κ3) is 6.05. The van der Waals surface area contributed by atoms with E-state index in [4.69, 9.17) is 0 Å². The van der Waals surface area contributed by atoms with E-state index in [1.807, 2.05) is 12.3 Å². The monoisotopic (exact) mass is 360 g/mol. The molecule has 0 aromatic carbocycles. The number of pyridine rings is 1. The normalized spacial score (nSPS) is 12.2. The summed E-state index contributed by atoms with van der Waals surface area (Å²) in [6.07, 6.45) is 3.77. The highest BCUT2D eigenvalue weighted by Gasteiger charge is 2.21. The number of guanidine groups is 1. The predicted molar refractivity (Wildman–Crippen MR) is 107 cm³/mol. The van der Waals surface area contributed by atoms with Crippen molar-refractivity contribution in [3.63, 3.8) is 0 Å². The van der Waals surface area contributed by atoms with Gasteiger partial charge in [-0.3, -0.25) is 9.79 Å². The average molecular weight is 361 g/mol. The maximum Gasteiger partial charge on any atom is 0.250 e. The lowest BCUT2D eigenvalue weighted by Gasteiger charge is -2.25. The zero-order chi connectivity index (χ0) is 18.1. The first-order valence-electron chi connectivity index (χ1n) is 8.67. The van der Waals surface area contributed by atoms with E-state index in [2.05, 4.69) is 47.0 Å². The standard InChI is InChI=1S/C19H28N4OS/c1-19(2,16-9-8-14-25-16)15-22-18(20-3)21-11-5-7-13-23-12-6-4-10-17(23)24/h4,6,8-10,12,14H,5,7,11,13,15H2,1-3H3,(H2,20,21,22). The van der Waals surface area contributed by atoms with Crippen molar-refractivity contribution >= 4 is 17.3 Å². The molecule has 2 heterocycles. The quantitative estimate of drug-likeness (QED) is 0.432. The zero-order valence-electron chi connectivity index (χ0n) is 15.3. The molecule has 0 aliphatic heterocycles. The Morgan fingerprint density at radius 1 is 1.20 bits per heavy atom. The van der Waals surface area contributed by atoms with E-state index in [0.717, 1.165) is 38.4 Å². The van der Waals surface area contributed by atoms with Crippen molar-refractivity contribution in [1.82, 2.24) is 15.2 Å². The number of unbranched alkanes of at least 4 members (excludes halogenated alkanes) is 1. The Labute approximate surface area is 153 Å². The third-order valence-corrected chi connectivity index (χ3v) is 5.36. The molecule has 25 heavy (non-hydrogen) atoms. The molecule has 0 unspecified atom stereocenters. The molecule has 0 saturated heterocycles. The SMILES string of the molecule is CN=C(NCCCCn1ccccc1=O)NCC(C)(C)c1cccs1. The highest BCUT2D eigenvalue weighted by molar-refractivity contribution is 7.10. The molecule has 0 bridgehead atoms. The van der Waals surface area contributed by atoms with Crippen LogP contribution in [-0.2, 0) is 12.0 Å². The van der Waals surface area contributed by atoms with Gasteiger partial charge in [-0.2, -0.15) is 0 Å². The summed E-state index contributed by atoms with van der Waals surface area (Å²) in [6.45, 7) is 6.87. The average Bonchev–Trinajstić information content (AvgIpc) is 3.14. The fourth-order valence-corrected chi connectivity index (χ4v) is 3.39. The number of nitrogens with zero attached hydrogens (tertiary/aromatic N) is 2. The first kappa shape index (κ1) is 19.2. The van der Waals surface area contributed by atoms with Crippen LogP contribution in [0.15, 0.2) is 51.7 Å². The highest BCUT2D eigenvalue weighted by atomic mass is 32.1. The van der Waals surface area contributed by atoms with Gasteiger partial charge < -0.3 is 15.2 Å². The van der Waals surface area contributed by atoms with Crippen LogP contribution >= 0.6 is 11.3 Å². The van der Waals surface area contributed by atoms with Gasteiger partial charge in [0.1, 0.15) is 0 Å². The summed E-state index contributed by atoms with van der Waals surface area (Å²) < 4.78 is 1.75. The Kier molecular flexibility index (Phi) is 7.25. The van der Waals surface area contributed by atoms with Gasteiger partial charge in [0.25, 0.3) is 0 Å². The molecular weight excluding hydrogens is 332 g/mol. The fourth-order valence-electron chi connectivity index (χ4n) is 2.54. The summed E-state index contributed by atoms with van der Waals surface area (Å²) in [5, 5.41) is 8.86. The number of hydrogen-bond donors (Lipinski definition) is 2. The molecule has 0 saturated carbocycles. The minimum atomic E-state index is 0.0590. The van der Waals surface area contributed by atoms with E-state index in [1.165, 1.54) is 4.88 Å². The van der Waals surface area contributed by atoms with Gasteiger partial charge in [-0.1, -0.05) is 26.0 Å². The number of rotatable bonds is 8. The van der Waals surface area contributed by atoms with Crippen molar-refractivity contribution in [2.24, 2.45) is 4.99 Å². The Morgan fingerprint density at radius 2 is 2.04 bits per heavy atom. The second-order valence-corrected chi connectivity index (χ2v) is 7.60. The van der Waals surface area contributed by atoms with Crippen LogP contribution in [0.25, 0.3) is 0 Å². The highest BCUT2D eigenvalue weighted by Crippen LogP contribution is 2.26. The Bertz CT molecular complexity index is 719. The third-order valence-electron chi connectivity index (χ3n) is 4.13. The minimum Gasteiger partial charge on any atom is -0.356 e. The van der Waals surface area contributed by atoms with Crippen molar-refractivity contribution in [3.05, 3.63) is 57.1 Å². The minimum absolute atomic E-state index is 0.0590. The summed E-state index contributed by atoms with van der Waals surface area (Å²) in [5.41, 5.74) is 0.129. The van der Waals surface area contributed by atoms with Crippen LogP contribution in [0.5, 0.6) is 0 Å². The van der Waals surface area contributed by atoms with Gasteiger partial charge in [0, 0.05) is 49.2 Å². The van der Waals surface area contributed by atoms with Crippen molar-refractivity contribution in [2.45, 2.75) is 38.6 Å². The lowest BCUT2D eigenvalue weighted by Crippen LogP contribution is -2.43. The molecule has 2 aromatic rings. The number of hydrogen-bond acceptors (Lipinski definition) is 3. The Balaban J connectivity index is 1.69. The number of aliphatic imine (C=N–C) groups is 1. The molecule has 0 aliphatic carbocycles. The van der Waals surface area contributed by atoms with E-state index in [0.29, 0.717) is 0 Å². The van der Waals surface area contributed by atoms with Gasteiger partial charge >= 0.3 is 0 Å². The van der Waals surface area contributed by atoms with Crippen LogP contribution in [0.2, 0.25) is 0 Å². The molecule has 0 atom stereocenters. The van der Waals surface area contributed by atoms with E-state index in [-0.39, 0.29) is 11.0 Å². The molecule has 0 spiro atoms. The molecule has 0 aliphatic rings. The summed E-state index contributed by atoms with van der Waals surface area (Å²) in [6, 6.07) is 9.52. The maximum absolute atomic E-state index is 11.6. The molecule has 0 amide bonds. The Morgan fingerprint density at radius 3 is 2.72 bits per heavy atom. The molecule has 2 N–H and O–H groups in total. The molecule has 0 fully saturated rings. The Hall–Kier alpha value is -2.08. The second kappa shape index (κ2) is 9.42. The fraction of sp³-hybridized carbons (Fsp3) is 0.474. The second-order valence-electron chi connectivity index (χ2n) is 6.65. The summed E-state index contributed by atoms with van der Waals surface area (Å²) in [5.74, 6) is 0.821. The van der Waals surface area contributed by atoms with E-state index < -0.39 is 0 Å². The molecule has 5 nitrogen and oxygen atoms in total. The van der Waals surface area contributed by atoms with Crippen molar-refractivity contribution in [1.29, 1.82) is 0 Å². The molecular formula is C19H28N4OS. The molecule has 0 radical (unpaired) electrons. The van der Waals surface area contributed by atoms with Gasteiger partial charge in [-0.05, 0) is 30.4 Å². The van der Waals surface area contributed by atoms with Gasteiger partial charge in [0.15, 0.2) is 5.96 Å². The summed E-state index contributed by atoms with van der Waals surface area (Å²) >= 11 is 1.78. The maximum atomic E-state index is 11.6. The van der Waals surface area contributed by atoms with Crippen molar-refractivity contribution in [2.75, 3.05) is 20.1 Å². The van der Waals surface area contributed by atoms with E-state index in [9.17, 15) is 4.79 Å². The molecule has 2 aromatic heterocycles. The van der Waals surface area contributed by atoms with Gasteiger partial charge in [-0.25, -0.2) is 0 Å². The number of nitrogens with one attached hydrogen (secondary N) is 2. The predicted octanol–water partition coefficient (Wildman–Crippen LogP) is 2.83. The smallest absolute Gasteiger partial charge is 0.250 e.